The molecule has 0 aliphatic carbocycles. The highest BCUT2D eigenvalue weighted by Crippen LogP contribution is 2.35. The van der Waals surface area contributed by atoms with Crippen molar-refractivity contribution in [2.75, 3.05) is 31.6 Å². The molecular weight excluding hydrogens is 292 g/mol. The van der Waals surface area contributed by atoms with Gasteiger partial charge in [0.25, 0.3) is 0 Å². The number of hydrogen-bond acceptors (Lipinski definition) is 3. The van der Waals surface area contributed by atoms with Crippen LogP contribution in [0.2, 0.25) is 0 Å². The molecule has 122 valence electrons. The van der Waals surface area contributed by atoms with E-state index in [1.807, 2.05) is 6.92 Å². The number of rotatable bonds is 7. The monoisotopic (exact) mass is 318 g/mol. The van der Waals surface area contributed by atoms with E-state index in [1.54, 1.807) is 11.2 Å². The molecule has 0 saturated carbocycles. The molecule has 1 fully saturated rings. The summed E-state index contributed by atoms with van der Waals surface area (Å²) in [4.78, 5) is 25.3. The number of likely N-dealkylation sites (tertiary alicyclic amines) is 1. The summed E-state index contributed by atoms with van der Waals surface area (Å²) in [6.45, 7) is 3.32. The summed E-state index contributed by atoms with van der Waals surface area (Å²) in [5.74, 6) is -0.238. The first-order valence-corrected chi connectivity index (χ1v) is 9.20. The van der Waals surface area contributed by atoms with E-state index in [0.717, 1.165) is 12.8 Å². The third-order valence-electron chi connectivity index (χ3n) is 3.93. The molecule has 0 bridgehead atoms. The maximum Gasteiger partial charge on any atom is 0.317 e. The van der Waals surface area contributed by atoms with E-state index >= 15 is 0 Å². The van der Waals surface area contributed by atoms with Crippen LogP contribution in [0.1, 0.15) is 39.0 Å². The van der Waals surface area contributed by atoms with Gasteiger partial charge in [-0.1, -0.05) is 13.3 Å². The summed E-state index contributed by atoms with van der Waals surface area (Å²) < 4.78 is 10.9. The first-order chi connectivity index (χ1) is 9.91. The molecule has 7 heteroatoms. The van der Waals surface area contributed by atoms with Crippen molar-refractivity contribution in [2.45, 2.75) is 39.0 Å². The Balaban J connectivity index is 2.52. The first kappa shape index (κ1) is 17.9. The summed E-state index contributed by atoms with van der Waals surface area (Å²) >= 11 is 0. The van der Waals surface area contributed by atoms with Crippen molar-refractivity contribution in [1.29, 1.82) is 0 Å². The zero-order chi connectivity index (χ0) is 15.9. The van der Waals surface area contributed by atoms with E-state index < -0.39 is 22.2 Å². The van der Waals surface area contributed by atoms with Crippen molar-refractivity contribution in [2.24, 2.45) is 5.41 Å². The molecule has 0 spiro atoms. The van der Waals surface area contributed by atoms with Crippen LogP contribution >= 0.6 is 0 Å². The third-order valence-corrected chi connectivity index (χ3v) is 4.79. The van der Waals surface area contributed by atoms with Gasteiger partial charge in [-0.25, -0.2) is 4.79 Å². The topological polar surface area (TPSA) is 86.7 Å². The van der Waals surface area contributed by atoms with E-state index in [1.165, 1.54) is 0 Å². The summed E-state index contributed by atoms with van der Waals surface area (Å²) in [7, 11) is -0.849. The minimum absolute atomic E-state index is 0.210. The maximum atomic E-state index is 12.1. The Labute approximate surface area is 128 Å². The SMILES string of the molecule is CCCC1(C(=O)O)CCCN(C(=O)NCCCS(C)=O)C1. The number of aliphatic carboxylic acids is 1. The van der Waals surface area contributed by atoms with E-state index in [0.29, 0.717) is 38.1 Å². The van der Waals surface area contributed by atoms with E-state index in [4.69, 9.17) is 0 Å². The van der Waals surface area contributed by atoms with Gasteiger partial charge in [-0.2, -0.15) is 0 Å². The fourth-order valence-corrected chi connectivity index (χ4v) is 3.40. The number of carbonyl (C=O) groups is 2. The molecule has 1 rings (SSSR count). The summed E-state index contributed by atoms with van der Waals surface area (Å²) in [6.07, 6.45) is 5.05. The Morgan fingerprint density at radius 1 is 1.43 bits per heavy atom. The highest BCUT2D eigenvalue weighted by Gasteiger charge is 2.42. The molecule has 1 saturated heterocycles. The lowest BCUT2D eigenvalue weighted by atomic mass is 9.76. The average Bonchev–Trinajstić information content (AvgIpc) is 2.43. The molecule has 0 aromatic rings. The van der Waals surface area contributed by atoms with Crippen molar-refractivity contribution in [3.8, 4) is 0 Å². The molecule has 2 atom stereocenters. The van der Waals surface area contributed by atoms with Gasteiger partial charge in [0.2, 0.25) is 0 Å². The largest absolute Gasteiger partial charge is 0.481 e. The number of piperidine rings is 1. The van der Waals surface area contributed by atoms with Crippen LogP contribution < -0.4 is 5.32 Å². The van der Waals surface area contributed by atoms with Gasteiger partial charge in [0, 0.05) is 42.4 Å². The van der Waals surface area contributed by atoms with Gasteiger partial charge in [-0.3, -0.25) is 9.00 Å². The zero-order valence-corrected chi connectivity index (χ0v) is 13.7. The van der Waals surface area contributed by atoms with Gasteiger partial charge in [-0.05, 0) is 25.7 Å². The number of carboxylic acid groups (broad SMARTS) is 1. The summed E-state index contributed by atoms with van der Waals surface area (Å²) in [6, 6.07) is -0.210. The Kier molecular flexibility index (Phi) is 7.14. The standard InChI is InChI=1S/C14H26N2O4S/c1-3-6-14(12(17)18)7-4-9-16(11-14)13(19)15-8-5-10-21(2)20/h3-11H2,1-2H3,(H,15,19)(H,17,18). The first-order valence-electron chi connectivity index (χ1n) is 7.47. The van der Waals surface area contributed by atoms with Gasteiger partial charge in [0.15, 0.2) is 0 Å². The second-order valence-corrected chi connectivity index (χ2v) is 7.28. The molecule has 1 aliphatic rings. The molecule has 21 heavy (non-hydrogen) atoms. The number of carboxylic acids is 1. The van der Waals surface area contributed by atoms with Crippen molar-refractivity contribution < 1.29 is 18.9 Å². The lowest BCUT2D eigenvalue weighted by Crippen LogP contribution is -2.52. The van der Waals surface area contributed by atoms with Crippen LogP contribution in [0.4, 0.5) is 4.79 Å². The molecule has 2 unspecified atom stereocenters. The number of urea groups is 1. The normalized spacial score (nSPS) is 23.6. The number of amides is 2. The smallest absolute Gasteiger partial charge is 0.317 e. The highest BCUT2D eigenvalue weighted by molar-refractivity contribution is 7.84. The molecule has 2 N–H and O–H groups in total. The van der Waals surface area contributed by atoms with Crippen molar-refractivity contribution >= 4 is 22.8 Å². The van der Waals surface area contributed by atoms with Crippen LogP contribution in [0.3, 0.4) is 0 Å². The van der Waals surface area contributed by atoms with Gasteiger partial charge in [0.1, 0.15) is 0 Å². The second-order valence-electron chi connectivity index (χ2n) is 5.72. The molecule has 2 amide bonds. The van der Waals surface area contributed by atoms with E-state index in [2.05, 4.69) is 5.32 Å². The van der Waals surface area contributed by atoms with Crippen LogP contribution in [-0.4, -0.2) is 57.9 Å². The maximum absolute atomic E-state index is 12.1. The van der Waals surface area contributed by atoms with Gasteiger partial charge >= 0.3 is 12.0 Å². The predicted octanol–water partition coefficient (Wildman–Crippen LogP) is 1.43. The molecule has 0 aromatic heterocycles. The molecule has 1 aliphatic heterocycles. The Morgan fingerprint density at radius 2 is 2.14 bits per heavy atom. The number of carbonyl (C=O) groups excluding carboxylic acids is 1. The van der Waals surface area contributed by atoms with E-state index in [9.17, 15) is 18.9 Å². The number of nitrogens with one attached hydrogen (secondary N) is 1. The quantitative estimate of drug-likeness (QED) is 0.695. The third kappa shape index (κ3) is 5.30. The highest BCUT2D eigenvalue weighted by atomic mass is 32.2. The number of nitrogens with zero attached hydrogens (tertiary/aromatic N) is 1. The lowest BCUT2D eigenvalue weighted by Gasteiger charge is -2.39. The van der Waals surface area contributed by atoms with Crippen LogP contribution in [0.15, 0.2) is 0 Å². The molecule has 1 heterocycles. The number of hydrogen-bond donors (Lipinski definition) is 2. The van der Waals surface area contributed by atoms with Crippen molar-refractivity contribution in [3.05, 3.63) is 0 Å². The Bertz CT molecular complexity index is 398. The van der Waals surface area contributed by atoms with Crippen LogP contribution in [-0.2, 0) is 15.6 Å². The summed E-state index contributed by atoms with van der Waals surface area (Å²) in [5, 5.41) is 12.3. The van der Waals surface area contributed by atoms with Crippen LogP contribution in [0.25, 0.3) is 0 Å². The minimum Gasteiger partial charge on any atom is -0.481 e. The zero-order valence-electron chi connectivity index (χ0n) is 12.9. The molecule has 0 aromatic carbocycles. The second kappa shape index (κ2) is 8.36. The fourth-order valence-electron chi connectivity index (χ4n) is 2.85. The molecule has 0 radical (unpaired) electrons. The molecule has 6 nitrogen and oxygen atoms in total. The Morgan fingerprint density at radius 3 is 2.71 bits per heavy atom. The van der Waals surface area contributed by atoms with Gasteiger partial charge in [0.05, 0.1) is 5.41 Å². The van der Waals surface area contributed by atoms with Crippen molar-refractivity contribution in [3.63, 3.8) is 0 Å². The molecular formula is C14H26N2O4S. The summed E-state index contributed by atoms with van der Waals surface area (Å²) in [5.41, 5.74) is -0.796. The van der Waals surface area contributed by atoms with Crippen molar-refractivity contribution in [1.82, 2.24) is 10.2 Å². The van der Waals surface area contributed by atoms with Crippen LogP contribution in [0, 0.1) is 5.41 Å². The fraction of sp³-hybridized carbons (Fsp3) is 0.857. The average molecular weight is 318 g/mol. The van der Waals surface area contributed by atoms with Gasteiger partial charge in [-0.15, -0.1) is 0 Å². The Hall–Kier alpha value is -1.11. The lowest BCUT2D eigenvalue weighted by molar-refractivity contribution is -0.152. The van der Waals surface area contributed by atoms with E-state index in [-0.39, 0.29) is 12.6 Å². The predicted molar refractivity (Wildman–Crippen MR) is 82.7 cm³/mol. The van der Waals surface area contributed by atoms with Gasteiger partial charge < -0.3 is 15.3 Å². The minimum atomic E-state index is -0.849. The van der Waals surface area contributed by atoms with Crippen LogP contribution in [0.5, 0.6) is 0 Å².